The highest BCUT2D eigenvalue weighted by Gasteiger charge is 2.54. The maximum atomic E-state index is 13.6. The predicted octanol–water partition coefficient (Wildman–Crippen LogP) is 4.89. The summed E-state index contributed by atoms with van der Waals surface area (Å²) in [5.74, 6) is 0.686. The number of hydrogen-bond donors (Lipinski definition) is 0. The molecule has 2 saturated carbocycles. The van der Waals surface area contributed by atoms with Crippen molar-refractivity contribution in [2.75, 3.05) is 27.2 Å². The zero-order valence-electron chi connectivity index (χ0n) is 19.5. The van der Waals surface area contributed by atoms with Gasteiger partial charge in [-0.1, -0.05) is 36.8 Å². The zero-order valence-corrected chi connectivity index (χ0v) is 19.5. The van der Waals surface area contributed by atoms with E-state index < -0.39 is 0 Å². The molecule has 3 aliphatic rings. The second kappa shape index (κ2) is 8.51. The fraction of sp³-hybridized carbons (Fsp3) is 0.556. The van der Waals surface area contributed by atoms with Crippen LogP contribution in [0.4, 0.5) is 4.79 Å². The van der Waals surface area contributed by atoms with E-state index in [0.717, 1.165) is 44.3 Å². The lowest BCUT2D eigenvalue weighted by Gasteiger charge is -2.51. The molecule has 2 aromatic rings. The minimum atomic E-state index is -0.0337. The molecule has 32 heavy (non-hydrogen) atoms. The van der Waals surface area contributed by atoms with Crippen molar-refractivity contribution < 1.29 is 4.79 Å². The number of urea groups is 1. The van der Waals surface area contributed by atoms with Crippen molar-refractivity contribution in [1.82, 2.24) is 19.7 Å². The third-order valence-corrected chi connectivity index (χ3v) is 8.52. The van der Waals surface area contributed by atoms with Crippen LogP contribution in [-0.2, 0) is 12.1 Å². The maximum Gasteiger partial charge on any atom is 0.320 e. The van der Waals surface area contributed by atoms with Gasteiger partial charge in [-0.2, -0.15) is 0 Å². The van der Waals surface area contributed by atoms with Crippen molar-refractivity contribution in [3.63, 3.8) is 0 Å². The summed E-state index contributed by atoms with van der Waals surface area (Å²) < 4.78 is 0. The smallest absolute Gasteiger partial charge is 0.318 e. The minimum Gasteiger partial charge on any atom is -0.318 e. The van der Waals surface area contributed by atoms with E-state index in [-0.39, 0.29) is 17.1 Å². The monoisotopic (exact) mass is 432 g/mol. The molecule has 0 atom stereocenters. The van der Waals surface area contributed by atoms with Gasteiger partial charge in [0.1, 0.15) is 0 Å². The third kappa shape index (κ3) is 3.71. The van der Waals surface area contributed by atoms with Crippen molar-refractivity contribution in [1.29, 1.82) is 0 Å². The first-order chi connectivity index (χ1) is 15.5. The van der Waals surface area contributed by atoms with Crippen molar-refractivity contribution in [2.24, 2.45) is 5.92 Å². The maximum absolute atomic E-state index is 13.6. The van der Waals surface area contributed by atoms with E-state index in [1.807, 2.05) is 24.5 Å². The van der Waals surface area contributed by atoms with Crippen LogP contribution >= 0.6 is 0 Å². The third-order valence-electron chi connectivity index (χ3n) is 8.52. The van der Waals surface area contributed by atoms with E-state index in [4.69, 9.17) is 0 Å². The number of aromatic nitrogens is 1. The molecular formula is C27H36N4O. The lowest BCUT2D eigenvalue weighted by Crippen LogP contribution is -2.56. The van der Waals surface area contributed by atoms with E-state index >= 15 is 0 Å². The highest BCUT2D eigenvalue weighted by atomic mass is 16.2. The van der Waals surface area contributed by atoms with Gasteiger partial charge in [-0.05, 0) is 81.8 Å². The van der Waals surface area contributed by atoms with Crippen LogP contribution in [0.2, 0.25) is 0 Å². The number of benzene rings is 1. The predicted molar refractivity (Wildman–Crippen MR) is 127 cm³/mol. The van der Waals surface area contributed by atoms with Crippen LogP contribution in [0.25, 0.3) is 0 Å². The Balaban J connectivity index is 1.40. The van der Waals surface area contributed by atoms with Crippen molar-refractivity contribution in [2.45, 2.75) is 62.6 Å². The number of amides is 2. The van der Waals surface area contributed by atoms with Crippen LogP contribution in [0.1, 0.15) is 56.1 Å². The molecule has 1 saturated heterocycles. The van der Waals surface area contributed by atoms with Gasteiger partial charge in [0, 0.05) is 37.6 Å². The molecule has 1 aromatic heterocycles. The second-order valence-corrected chi connectivity index (χ2v) is 10.4. The normalized spacial score (nSPS) is 28.5. The first kappa shape index (κ1) is 21.4. The molecule has 0 unspecified atom stereocenters. The topological polar surface area (TPSA) is 39.7 Å². The van der Waals surface area contributed by atoms with Crippen LogP contribution in [0.15, 0.2) is 54.9 Å². The molecule has 5 heteroatoms. The first-order valence-corrected chi connectivity index (χ1v) is 12.2. The minimum absolute atomic E-state index is 0.0337. The van der Waals surface area contributed by atoms with E-state index in [0.29, 0.717) is 12.5 Å². The summed E-state index contributed by atoms with van der Waals surface area (Å²) >= 11 is 0. The number of pyridine rings is 1. The molecule has 2 heterocycles. The summed E-state index contributed by atoms with van der Waals surface area (Å²) in [6.45, 7) is 2.47. The van der Waals surface area contributed by atoms with Gasteiger partial charge in [0.2, 0.25) is 0 Å². The summed E-state index contributed by atoms with van der Waals surface area (Å²) in [5.41, 5.74) is 2.59. The van der Waals surface area contributed by atoms with Crippen molar-refractivity contribution in [3.8, 4) is 0 Å². The van der Waals surface area contributed by atoms with Crippen LogP contribution in [0, 0.1) is 5.92 Å². The number of nitrogens with zero attached hydrogens (tertiary/aromatic N) is 4. The van der Waals surface area contributed by atoms with Gasteiger partial charge in [-0.3, -0.25) is 9.88 Å². The van der Waals surface area contributed by atoms with Gasteiger partial charge in [0.05, 0.1) is 5.54 Å². The Labute approximate surface area is 192 Å². The lowest BCUT2D eigenvalue weighted by molar-refractivity contribution is 0.0159. The number of carbonyl (C=O) groups is 1. The van der Waals surface area contributed by atoms with E-state index in [1.54, 1.807) is 0 Å². The van der Waals surface area contributed by atoms with Crippen LogP contribution < -0.4 is 0 Å². The van der Waals surface area contributed by atoms with Gasteiger partial charge in [-0.25, -0.2) is 4.79 Å². The van der Waals surface area contributed by atoms with E-state index in [2.05, 4.69) is 64.1 Å². The largest absolute Gasteiger partial charge is 0.320 e. The molecule has 1 spiro atoms. The first-order valence-electron chi connectivity index (χ1n) is 12.2. The molecule has 0 N–H and O–H groups in total. The Bertz CT molecular complexity index is 917. The molecule has 2 amide bonds. The standard InChI is InChI=1S/C27H36N4O/c1-29(2)27(24-9-4-3-5-10-24)15-13-26(14-16-27)21-30(19-23-11-17-28-18-12-23)25(32)31(26)20-22-7-6-8-22/h3-5,9-12,17-18,22H,6-8,13-16,19-21H2,1-2H3/t26-,27+. The molecular weight excluding hydrogens is 396 g/mol. The molecule has 1 aromatic carbocycles. The van der Waals surface area contributed by atoms with Crippen LogP contribution in [0.3, 0.4) is 0 Å². The molecule has 5 rings (SSSR count). The zero-order chi connectivity index (χ0) is 22.2. The molecule has 170 valence electrons. The molecule has 2 aliphatic carbocycles. The van der Waals surface area contributed by atoms with Crippen molar-refractivity contribution in [3.05, 3.63) is 66.0 Å². The summed E-state index contributed by atoms with van der Waals surface area (Å²) in [5, 5.41) is 0. The number of hydrogen-bond acceptors (Lipinski definition) is 3. The molecule has 0 radical (unpaired) electrons. The average molecular weight is 433 g/mol. The Morgan fingerprint density at radius 2 is 1.69 bits per heavy atom. The summed E-state index contributed by atoms with van der Waals surface area (Å²) in [6.07, 6.45) is 11.8. The highest BCUT2D eigenvalue weighted by molar-refractivity contribution is 5.78. The van der Waals surface area contributed by atoms with Gasteiger partial charge < -0.3 is 9.80 Å². The Hall–Kier alpha value is -2.40. The fourth-order valence-corrected chi connectivity index (χ4v) is 6.22. The quantitative estimate of drug-likeness (QED) is 0.652. The summed E-state index contributed by atoms with van der Waals surface area (Å²) in [7, 11) is 4.43. The second-order valence-electron chi connectivity index (χ2n) is 10.4. The summed E-state index contributed by atoms with van der Waals surface area (Å²) in [6, 6.07) is 15.3. The number of carbonyl (C=O) groups excluding carboxylic acids is 1. The Morgan fingerprint density at radius 3 is 2.28 bits per heavy atom. The molecule has 3 fully saturated rings. The molecule has 1 aliphatic heterocycles. The Morgan fingerprint density at radius 1 is 1.00 bits per heavy atom. The van der Waals surface area contributed by atoms with Gasteiger partial charge in [-0.15, -0.1) is 0 Å². The Kier molecular flexibility index (Phi) is 5.70. The summed E-state index contributed by atoms with van der Waals surface area (Å²) in [4.78, 5) is 24.6. The fourth-order valence-electron chi connectivity index (χ4n) is 6.22. The van der Waals surface area contributed by atoms with Crippen LogP contribution in [0.5, 0.6) is 0 Å². The average Bonchev–Trinajstić information content (AvgIpc) is 3.03. The van der Waals surface area contributed by atoms with E-state index in [1.165, 1.54) is 24.8 Å². The molecule has 5 nitrogen and oxygen atoms in total. The SMILES string of the molecule is CN(C)[C@]1(c2ccccc2)CC[C@]2(CC1)CN(Cc1ccncc1)C(=O)N2CC1CCC1. The highest BCUT2D eigenvalue weighted by Crippen LogP contribution is 2.49. The van der Waals surface area contributed by atoms with Gasteiger partial charge in [0.25, 0.3) is 0 Å². The van der Waals surface area contributed by atoms with Crippen molar-refractivity contribution >= 4 is 6.03 Å². The van der Waals surface area contributed by atoms with Gasteiger partial charge in [0.15, 0.2) is 0 Å². The number of rotatable bonds is 6. The van der Waals surface area contributed by atoms with Crippen LogP contribution in [-0.4, -0.2) is 58.4 Å². The molecule has 0 bridgehead atoms. The lowest BCUT2D eigenvalue weighted by atomic mass is 9.68. The van der Waals surface area contributed by atoms with E-state index in [9.17, 15) is 4.79 Å². The van der Waals surface area contributed by atoms with Gasteiger partial charge >= 0.3 is 6.03 Å².